The topological polar surface area (TPSA) is 82.2 Å². The van der Waals surface area contributed by atoms with E-state index in [2.05, 4.69) is 11.2 Å². The summed E-state index contributed by atoms with van der Waals surface area (Å²) in [5.41, 5.74) is 4.24. The highest BCUT2D eigenvalue weighted by Gasteiger charge is 2.33. The average molecular weight is 379 g/mol. The van der Waals surface area contributed by atoms with Gasteiger partial charge in [0.25, 0.3) is 0 Å². The third-order valence-corrected chi connectivity index (χ3v) is 5.50. The van der Waals surface area contributed by atoms with Crippen molar-refractivity contribution in [3.8, 4) is 6.07 Å². The van der Waals surface area contributed by atoms with Gasteiger partial charge in [-0.05, 0) is 45.4 Å². The predicted octanol–water partition coefficient (Wildman–Crippen LogP) is 2.33. The van der Waals surface area contributed by atoms with Gasteiger partial charge >= 0.3 is 0 Å². The van der Waals surface area contributed by atoms with Crippen molar-refractivity contribution >= 4 is 17.5 Å². The number of hydrogen-bond acceptors (Lipinski definition) is 4. The fourth-order valence-electron chi connectivity index (χ4n) is 3.57. The molecule has 1 aromatic heterocycles. The number of aryl methyl sites for hydroxylation is 2. The Morgan fingerprint density at radius 2 is 2.00 bits per heavy atom. The van der Waals surface area contributed by atoms with Crippen molar-refractivity contribution in [3.05, 3.63) is 46.8 Å². The molecule has 3 rings (SSSR count). The number of anilines is 1. The Morgan fingerprint density at radius 3 is 2.64 bits per heavy atom. The first-order valence-corrected chi connectivity index (χ1v) is 9.43. The summed E-state index contributed by atoms with van der Waals surface area (Å²) in [7, 11) is 0. The smallest absolute Gasteiger partial charge is 0.246 e. The fourth-order valence-corrected chi connectivity index (χ4v) is 3.57. The van der Waals surface area contributed by atoms with Gasteiger partial charge in [0, 0.05) is 31.2 Å². The molecule has 0 unspecified atom stereocenters. The molecule has 2 amide bonds. The van der Waals surface area contributed by atoms with Gasteiger partial charge in [0.2, 0.25) is 11.8 Å². The number of amides is 2. The molecule has 28 heavy (non-hydrogen) atoms. The Bertz CT molecular complexity index is 956. The summed E-state index contributed by atoms with van der Waals surface area (Å²) in [5, 5.41) is 13.8. The quantitative estimate of drug-likeness (QED) is 0.816. The number of rotatable bonds is 4. The molecule has 2 aromatic rings. The molecule has 0 saturated carbocycles. The fraction of sp³-hybridized carbons (Fsp3) is 0.429. The number of nitriles is 1. The molecule has 1 aliphatic heterocycles. The normalized spacial score (nSPS) is 17.0. The van der Waals surface area contributed by atoms with Gasteiger partial charge < -0.3 is 9.80 Å². The van der Waals surface area contributed by atoms with Crippen LogP contribution in [0, 0.1) is 32.1 Å². The molecule has 7 nitrogen and oxygen atoms in total. The molecule has 1 saturated heterocycles. The first-order chi connectivity index (χ1) is 13.3. The summed E-state index contributed by atoms with van der Waals surface area (Å²) in [5.74, 6) is -0.226. The van der Waals surface area contributed by atoms with E-state index in [4.69, 9.17) is 0 Å². The minimum absolute atomic E-state index is 0.0237. The van der Waals surface area contributed by atoms with Crippen LogP contribution in [0.1, 0.15) is 35.9 Å². The van der Waals surface area contributed by atoms with Crippen LogP contribution < -0.4 is 4.90 Å². The van der Waals surface area contributed by atoms with Crippen LogP contribution in [-0.4, -0.2) is 45.6 Å². The molecule has 0 N–H and O–H groups in total. The van der Waals surface area contributed by atoms with E-state index in [-0.39, 0.29) is 24.4 Å². The lowest BCUT2D eigenvalue weighted by Crippen LogP contribution is -2.57. The molecule has 0 spiro atoms. The molecule has 1 aliphatic rings. The van der Waals surface area contributed by atoms with Crippen LogP contribution in [0.15, 0.2) is 24.3 Å². The molecule has 146 valence electrons. The van der Waals surface area contributed by atoms with Gasteiger partial charge in [-0.15, -0.1) is 0 Å². The molecular formula is C21H25N5O2. The highest BCUT2D eigenvalue weighted by molar-refractivity contribution is 5.99. The van der Waals surface area contributed by atoms with E-state index in [9.17, 15) is 14.9 Å². The van der Waals surface area contributed by atoms with Gasteiger partial charge in [-0.25, -0.2) is 0 Å². The Balaban J connectivity index is 1.68. The third kappa shape index (κ3) is 3.63. The van der Waals surface area contributed by atoms with E-state index < -0.39 is 0 Å². The summed E-state index contributed by atoms with van der Waals surface area (Å²) < 4.78 is 1.86. The van der Waals surface area contributed by atoms with Gasteiger partial charge in [-0.2, -0.15) is 10.4 Å². The zero-order valence-electron chi connectivity index (χ0n) is 16.8. The van der Waals surface area contributed by atoms with Crippen molar-refractivity contribution in [2.24, 2.45) is 0 Å². The summed E-state index contributed by atoms with van der Waals surface area (Å²) in [6, 6.07) is 9.05. The lowest BCUT2D eigenvalue weighted by Gasteiger charge is -2.39. The number of aromatic nitrogens is 2. The van der Waals surface area contributed by atoms with Crippen molar-refractivity contribution in [2.45, 2.75) is 46.7 Å². The minimum Gasteiger partial charge on any atom is -0.329 e. The third-order valence-electron chi connectivity index (χ3n) is 5.50. The number of carbonyl (C=O) groups is 2. The molecular weight excluding hydrogens is 354 g/mol. The van der Waals surface area contributed by atoms with Gasteiger partial charge in [0.15, 0.2) is 0 Å². The Labute approximate surface area is 165 Å². The van der Waals surface area contributed by atoms with Gasteiger partial charge in [-0.3, -0.25) is 14.3 Å². The van der Waals surface area contributed by atoms with Crippen molar-refractivity contribution in [2.75, 3.05) is 18.0 Å². The molecule has 1 aromatic carbocycles. The van der Waals surface area contributed by atoms with Crippen LogP contribution in [0.3, 0.4) is 0 Å². The number of nitrogens with zero attached hydrogens (tertiary/aromatic N) is 5. The molecule has 0 radical (unpaired) electrons. The van der Waals surface area contributed by atoms with E-state index in [0.717, 1.165) is 17.0 Å². The monoisotopic (exact) mass is 379 g/mol. The number of piperazine rings is 1. The van der Waals surface area contributed by atoms with Crippen LogP contribution in [0.2, 0.25) is 0 Å². The minimum atomic E-state index is -0.170. The maximum absolute atomic E-state index is 12.8. The number of para-hydroxylation sites is 1. The van der Waals surface area contributed by atoms with Crippen molar-refractivity contribution < 1.29 is 9.59 Å². The summed E-state index contributed by atoms with van der Waals surface area (Å²) in [6.45, 7) is 8.81. The second kappa shape index (κ2) is 7.85. The van der Waals surface area contributed by atoms with Crippen molar-refractivity contribution in [1.29, 1.82) is 5.26 Å². The second-order valence-corrected chi connectivity index (χ2v) is 7.27. The summed E-state index contributed by atoms with van der Waals surface area (Å²) in [4.78, 5) is 28.7. The maximum Gasteiger partial charge on any atom is 0.246 e. The Morgan fingerprint density at radius 1 is 1.29 bits per heavy atom. The molecule has 7 heteroatoms. The maximum atomic E-state index is 12.8. The first kappa shape index (κ1) is 19.6. The number of hydrogen-bond donors (Lipinski definition) is 0. The molecule has 0 aliphatic carbocycles. The van der Waals surface area contributed by atoms with E-state index in [0.29, 0.717) is 30.8 Å². The Hall–Kier alpha value is -3.14. The zero-order chi connectivity index (χ0) is 20.4. The summed E-state index contributed by atoms with van der Waals surface area (Å²) in [6.07, 6.45) is 0.299. The lowest BCUT2D eigenvalue weighted by atomic mass is 10.1. The number of carbonyl (C=O) groups excluding carboxylic acids is 2. The van der Waals surface area contributed by atoms with Gasteiger partial charge in [-0.1, -0.05) is 12.1 Å². The SMILES string of the molecule is Cc1nn(CCC(=O)N2CC(=O)N(c3ccccc3C#N)C[C@@H]2C)c(C)c1C. The van der Waals surface area contributed by atoms with Crippen LogP contribution in [0.25, 0.3) is 0 Å². The highest BCUT2D eigenvalue weighted by Crippen LogP contribution is 2.24. The zero-order valence-corrected chi connectivity index (χ0v) is 16.8. The van der Waals surface area contributed by atoms with E-state index in [1.807, 2.05) is 38.4 Å². The second-order valence-electron chi connectivity index (χ2n) is 7.27. The lowest BCUT2D eigenvalue weighted by molar-refractivity contribution is -0.139. The average Bonchev–Trinajstić information content (AvgIpc) is 2.94. The molecule has 2 heterocycles. The standard InChI is InChI=1S/C21H25N5O2/c1-14-12-25(19-8-6-5-7-18(19)11-22)21(28)13-24(14)20(27)9-10-26-17(4)15(2)16(3)23-26/h5-8,14H,9-10,12-13H2,1-4H3/t14-/m0/s1. The summed E-state index contributed by atoms with van der Waals surface area (Å²) >= 11 is 0. The van der Waals surface area contributed by atoms with Crippen molar-refractivity contribution in [1.82, 2.24) is 14.7 Å². The van der Waals surface area contributed by atoms with Crippen molar-refractivity contribution in [3.63, 3.8) is 0 Å². The molecule has 1 fully saturated rings. The van der Waals surface area contributed by atoms with E-state index >= 15 is 0 Å². The van der Waals surface area contributed by atoms with Crippen LogP contribution in [-0.2, 0) is 16.1 Å². The van der Waals surface area contributed by atoms with E-state index in [1.54, 1.807) is 28.0 Å². The predicted molar refractivity (Wildman–Crippen MR) is 106 cm³/mol. The number of benzene rings is 1. The highest BCUT2D eigenvalue weighted by atomic mass is 16.2. The first-order valence-electron chi connectivity index (χ1n) is 9.43. The Kier molecular flexibility index (Phi) is 5.50. The van der Waals surface area contributed by atoms with Gasteiger partial charge in [0.1, 0.15) is 12.6 Å². The largest absolute Gasteiger partial charge is 0.329 e. The van der Waals surface area contributed by atoms with Crippen LogP contribution in [0.5, 0.6) is 0 Å². The van der Waals surface area contributed by atoms with Crippen LogP contribution in [0.4, 0.5) is 5.69 Å². The van der Waals surface area contributed by atoms with E-state index in [1.165, 1.54) is 0 Å². The van der Waals surface area contributed by atoms with Crippen LogP contribution >= 0.6 is 0 Å². The van der Waals surface area contributed by atoms with Gasteiger partial charge in [0.05, 0.1) is 16.9 Å². The molecule has 1 atom stereocenters. The molecule has 0 bridgehead atoms.